The van der Waals surface area contributed by atoms with Crippen LogP contribution in [0.5, 0.6) is 11.5 Å². The molecule has 2 aromatic heterocycles. The number of para-hydroxylation sites is 4. The third-order valence-corrected chi connectivity index (χ3v) is 13.6. The third-order valence-electron chi connectivity index (χ3n) is 12.5. The van der Waals surface area contributed by atoms with Crippen molar-refractivity contribution in [1.29, 1.82) is 0 Å². The van der Waals surface area contributed by atoms with Crippen molar-refractivity contribution in [2.75, 3.05) is 4.90 Å². The molecule has 9 aromatic carbocycles. The van der Waals surface area contributed by atoms with Gasteiger partial charge in [-0.3, -0.25) is 0 Å². The molecule has 0 atom stereocenters. The molecule has 0 unspecified atom stereocenters. The number of rotatable bonds is 4. The summed E-state index contributed by atoms with van der Waals surface area (Å²) < 4.78 is 15.7. The van der Waals surface area contributed by atoms with Crippen LogP contribution in [-0.4, -0.2) is 0 Å². The van der Waals surface area contributed by atoms with Crippen LogP contribution in [0, 0.1) is 0 Å². The van der Waals surface area contributed by atoms with E-state index in [2.05, 4.69) is 193 Å². The van der Waals surface area contributed by atoms with Gasteiger partial charge in [-0.25, -0.2) is 0 Å². The maximum absolute atomic E-state index is 6.63. The Morgan fingerprint density at radius 1 is 0.407 bits per heavy atom. The molecule has 13 rings (SSSR count). The number of anilines is 3. The van der Waals surface area contributed by atoms with Crippen molar-refractivity contribution in [3.05, 3.63) is 222 Å². The lowest BCUT2D eigenvalue weighted by Crippen LogP contribution is -2.32. The summed E-state index contributed by atoms with van der Waals surface area (Å²) in [6.45, 7) is 0. The summed E-state index contributed by atoms with van der Waals surface area (Å²) in [5.74, 6) is 1.81. The molecule has 0 radical (unpaired) electrons. The molecule has 0 fully saturated rings. The standard InChI is InChI=1S/C55H33NO2S/c1-2-15-34(16-3-1)36-17-5-10-23-46(36)56(35-29-30-39-38-19-6-11-25-48(38)57-51(39)31-35)47-24-14-28-52-54(47)41-32-40-37-18-4-7-20-42(37)55(45(40)33-53(41)59-52)43-21-8-12-26-49(43)58-50-27-13-9-22-44(50)55/h1-33H. The average molecular weight is 772 g/mol. The fourth-order valence-corrected chi connectivity index (χ4v) is 11.3. The molecule has 11 aromatic rings. The lowest BCUT2D eigenvalue weighted by Gasteiger charge is -2.39. The van der Waals surface area contributed by atoms with E-state index in [-0.39, 0.29) is 0 Å². The smallest absolute Gasteiger partial charge is 0.137 e. The van der Waals surface area contributed by atoms with E-state index in [0.29, 0.717) is 0 Å². The van der Waals surface area contributed by atoms with Crippen LogP contribution in [0.2, 0.25) is 0 Å². The first-order valence-electron chi connectivity index (χ1n) is 20.1. The van der Waals surface area contributed by atoms with Gasteiger partial charge in [-0.2, -0.15) is 0 Å². The fraction of sp³-hybridized carbons (Fsp3) is 0.0182. The minimum absolute atomic E-state index is 0.521. The van der Waals surface area contributed by atoms with Crippen molar-refractivity contribution in [1.82, 2.24) is 0 Å². The predicted molar refractivity (Wildman–Crippen MR) is 244 cm³/mol. The van der Waals surface area contributed by atoms with Crippen LogP contribution in [0.1, 0.15) is 22.3 Å². The quantitative estimate of drug-likeness (QED) is 0.178. The summed E-state index contributed by atoms with van der Waals surface area (Å²) in [6.07, 6.45) is 0. The summed E-state index contributed by atoms with van der Waals surface area (Å²) in [4.78, 5) is 2.44. The minimum atomic E-state index is -0.521. The minimum Gasteiger partial charge on any atom is -0.457 e. The average Bonchev–Trinajstić information content (AvgIpc) is 3.94. The van der Waals surface area contributed by atoms with Crippen molar-refractivity contribution < 1.29 is 9.15 Å². The van der Waals surface area contributed by atoms with E-state index in [1.165, 1.54) is 53.6 Å². The molecule has 2 aliphatic rings. The largest absolute Gasteiger partial charge is 0.457 e. The van der Waals surface area contributed by atoms with Gasteiger partial charge in [0.2, 0.25) is 0 Å². The Morgan fingerprint density at radius 3 is 1.90 bits per heavy atom. The normalized spacial score (nSPS) is 13.4. The number of nitrogens with zero attached hydrogens (tertiary/aromatic N) is 1. The van der Waals surface area contributed by atoms with Gasteiger partial charge in [-0.15, -0.1) is 11.3 Å². The summed E-state index contributed by atoms with van der Waals surface area (Å²) in [6, 6.07) is 72.3. The Morgan fingerprint density at radius 2 is 1.07 bits per heavy atom. The van der Waals surface area contributed by atoms with Gasteiger partial charge in [0.25, 0.3) is 0 Å². The number of ether oxygens (including phenoxy) is 1. The van der Waals surface area contributed by atoms with E-state index in [9.17, 15) is 0 Å². The van der Waals surface area contributed by atoms with Crippen molar-refractivity contribution in [3.8, 4) is 33.8 Å². The lowest BCUT2D eigenvalue weighted by atomic mass is 9.66. The molecule has 0 saturated heterocycles. The zero-order valence-corrected chi connectivity index (χ0v) is 32.5. The second-order valence-electron chi connectivity index (χ2n) is 15.5. The highest BCUT2D eigenvalue weighted by Crippen LogP contribution is 2.63. The van der Waals surface area contributed by atoms with Crippen molar-refractivity contribution >= 4 is 70.5 Å². The Balaban J connectivity index is 1.11. The van der Waals surface area contributed by atoms with Crippen LogP contribution >= 0.6 is 11.3 Å². The number of thiophene rings is 1. The van der Waals surface area contributed by atoms with Crippen LogP contribution in [0.4, 0.5) is 17.1 Å². The van der Waals surface area contributed by atoms with Crippen LogP contribution in [0.15, 0.2) is 205 Å². The molecule has 0 bridgehead atoms. The molecular formula is C55H33NO2S. The molecule has 3 nitrogen and oxygen atoms in total. The SMILES string of the molecule is c1ccc(-c2ccccc2N(c2ccc3c(c2)oc2ccccc23)c2cccc3sc4cc5c(cc4c23)-c2ccccc2C52c3ccccc3Oc3ccccc32)cc1. The highest BCUT2D eigenvalue weighted by Gasteiger charge is 2.51. The van der Waals surface area contributed by atoms with Gasteiger partial charge in [-0.1, -0.05) is 133 Å². The first-order chi connectivity index (χ1) is 29.3. The summed E-state index contributed by atoms with van der Waals surface area (Å²) in [5, 5.41) is 4.71. The Bertz CT molecular complexity index is 3460. The second-order valence-corrected chi connectivity index (χ2v) is 16.6. The van der Waals surface area contributed by atoms with Gasteiger partial charge in [0.05, 0.1) is 16.8 Å². The fourth-order valence-electron chi connectivity index (χ4n) is 10.1. The van der Waals surface area contributed by atoms with E-state index in [0.717, 1.165) is 61.6 Å². The first-order valence-corrected chi connectivity index (χ1v) is 20.9. The Kier molecular flexibility index (Phi) is 6.81. The summed E-state index contributed by atoms with van der Waals surface area (Å²) in [5.41, 5.74) is 14.3. The summed E-state index contributed by atoms with van der Waals surface area (Å²) >= 11 is 1.87. The Hall–Kier alpha value is -7.40. The van der Waals surface area contributed by atoms with Crippen molar-refractivity contribution in [2.45, 2.75) is 5.41 Å². The van der Waals surface area contributed by atoms with Crippen molar-refractivity contribution in [2.24, 2.45) is 0 Å². The predicted octanol–water partition coefficient (Wildman–Crippen LogP) is 15.6. The van der Waals surface area contributed by atoms with Gasteiger partial charge in [0.1, 0.15) is 22.7 Å². The highest BCUT2D eigenvalue weighted by atomic mass is 32.1. The number of furan rings is 1. The van der Waals surface area contributed by atoms with Gasteiger partial charge < -0.3 is 14.1 Å². The molecule has 276 valence electrons. The molecule has 0 N–H and O–H groups in total. The van der Waals surface area contributed by atoms with Crippen LogP contribution in [0.25, 0.3) is 64.4 Å². The molecular weight excluding hydrogens is 739 g/mol. The maximum Gasteiger partial charge on any atom is 0.137 e. The van der Waals surface area contributed by atoms with E-state index in [1.807, 2.05) is 23.5 Å². The van der Waals surface area contributed by atoms with E-state index < -0.39 is 5.41 Å². The van der Waals surface area contributed by atoms with Crippen LogP contribution in [0.3, 0.4) is 0 Å². The number of benzene rings is 9. The number of fused-ring (bicyclic) bond motifs is 15. The topological polar surface area (TPSA) is 25.6 Å². The number of hydrogen-bond acceptors (Lipinski definition) is 4. The first kappa shape index (κ1) is 32.7. The van der Waals surface area contributed by atoms with Gasteiger partial charge in [-0.05, 0) is 88.5 Å². The van der Waals surface area contributed by atoms with E-state index >= 15 is 0 Å². The lowest BCUT2D eigenvalue weighted by molar-refractivity contribution is 0.436. The zero-order chi connectivity index (χ0) is 38.7. The molecule has 0 amide bonds. The van der Waals surface area contributed by atoms with Gasteiger partial charge in [0.15, 0.2) is 0 Å². The Labute approximate surface area is 344 Å². The van der Waals surface area contributed by atoms with Crippen LogP contribution in [-0.2, 0) is 5.41 Å². The van der Waals surface area contributed by atoms with Gasteiger partial charge >= 0.3 is 0 Å². The monoisotopic (exact) mass is 771 g/mol. The molecule has 1 aliphatic heterocycles. The maximum atomic E-state index is 6.63. The molecule has 0 saturated carbocycles. The summed E-state index contributed by atoms with van der Waals surface area (Å²) in [7, 11) is 0. The molecule has 59 heavy (non-hydrogen) atoms. The highest BCUT2D eigenvalue weighted by molar-refractivity contribution is 7.26. The molecule has 1 aliphatic carbocycles. The van der Waals surface area contributed by atoms with E-state index in [1.54, 1.807) is 0 Å². The van der Waals surface area contributed by atoms with Crippen LogP contribution < -0.4 is 9.64 Å². The van der Waals surface area contributed by atoms with Gasteiger partial charge in [0, 0.05) is 59.4 Å². The molecule has 3 heterocycles. The molecule has 4 heteroatoms. The molecule has 1 spiro atoms. The zero-order valence-electron chi connectivity index (χ0n) is 31.7. The van der Waals surface area contributed by atoms with E-state index in [4.69, 9.17) is 9.15 Å². The third kappa shape index (κ3) is 4.52. The van der Waals surface area contributed by atoms with Crippen molar-refractivity contribution in [3.63, 3.8) is 0 Å². The second kappa shape index (κ2) is 12.3. The number of hydrogen-bond donors (Lipinski definition) is 0.